The molecule has 2 unspecified atom stereocenters. The third kappa shape index (κ3) is 1.96. The molecule has 0 spiro atoms. The second-order valence-corrected chi connectivity index (χ2v) is 2.90. The Bertz CT molecular complexity index is 89.3. The lowest BCUT2D eigenvalue weighted by Gasteiger charge is -2.28. The zero-order valence-corrected chi connectivity index (χ0v) is 6.60. The van der Waals surface area contributed by atoms with Gasteiger partial charge in [0.15, 0.2) is 0 Å². The van der Waals surface area contributed by atoms with Gasteiger partial charge in [-0.25, -0.2) is 0 Å². The van der Waals surface area contributed by atoms with Crippen LogP contribution in [0.1, 0.15) is 13.3 Å². The standard InChI is InChI=1S/C8H16NO/c1-3-7(2)8-6-10-5-4-9-8/h7-9H,1,3-6H2,2H3. The second kappa shape index (κ2) is 3.94. The Kier molecular flexibility index (Phi) is 3.16. The first kappa shape index (κ1) is 8.02. The minimum Gasteiger partial charge on any atom is -0.379 e. The third-order valence-corrected chi connectivity index (χ3v) is 2.09. The first-order valence-corrected chi connectivity index (χ1v) is 3.95. The normalized spacial score (nSPS) is 30.0. The number of ether oxygens (including phenoxy) is 1. The van der Waals surface area contributed by atoms with E-state index in [0.29, 0.717) is 12.0 Å². The first-order chi connectivity index (χ1) is 4.84. The number of nitrogens with one attached hydrogen (secondary N) is 1. The van der Waals surface area contributed by atoms with Crippen LogP contribution in [-0.4, -0.2) is 25.8 Å². The summed E-state index contributed by atoms with van der Waals surface area (Å²) in [6, 6.07) is 0.534. The third-order valence-electron chi connectivity index (χ3n) is 2.09. The highest BCUT2D eigenvalue weighted by molar-refractivity contribution is 4.76. The molecule has 0 aromatic heterocycles. The first-order valence-electron chi connectivity index (χ1n) is 3.95. The van der Waals surface area contributed by atoms with E-state index in [1.165, 1.54) is 0 Å². The molecule has 0 saturated carbocycles. The van der Waals surface area contributed by atoms with E-state index < -0.39 is 0 Å². The quantitative estimate of drug-likeness (QED) is 0.616. The molecular formula is C8H16NO. The maximum atomic E-state index is 5.31. The molecule has 0 aromatic carbocycles. The topological polar surface area (TPSA) is 21.3 Å². The van der Waals surface area contributed by atoms with Crippen molar-refractivity contribution >= 4 is 0 Å². The van der Waals surface area contributed by atoms with Crippen LogP contribution >= 0.6 is 0 Å². The molecule has 1 N–H and O–H groups in total. The van der Waals surface area contributed by atoms with Gasteiger partial charge < -0.3 is 10.1 Å². The Balaban J connectivity index is 2.24. The molecule has 0 bridgehead atoms. The van der Waals surface area contributed by atoms with Crippen molar-refractivity contribution in [3.8, 4) is 0 Å². The van der Waals surface area contributed by atoms with Crippen molar-refractivity contribution in [1.29, 1.82) is 0 Å². The summed E-state index contributed by atoms with van der Waals surface area (Å²) in [5.74, 6) is 0.639. The zero-order valence-electron chi connectivity index (χ0n) is 6.60. The largest absolute Gasteiger partial charge is 0.379 e. The van der Waals surface area contributed by atoms with E-state index in [9.17, 15) is 0 Å². The van der Waals surface area contributed by atoms with Gasteiger partial charge in [-0.15, -0.1) is 0 Å². The van der Waals surface area contributed by atoms with Crippen LogP contribution in [0.5, 0.6) is 0 Å². The van der Waals surface area contributed by atoms with Crippen LogP contribution in [-0.2, 0) is 4.74 Å². The predicted molar refractivity (Wildman–Crippen MR) is 41.7 cm³/mol. The maximum Gasteiger partial charge on any atom is 0.0622 e. The lowest BCUT2D eigenvalue weighted by Crippen LogP contribution is -2.45. The molecule has 0 aliphatic carbocycles. The van der Waals surface area contributed by atoms with Crippen molar-refractivity contribution in [3.63, 3.8) is 0 Å². The number of morpholine rings is 1. The van der Waals surface area contributed by atoms with Crippen LogP contribution in [0.3, 0.4) is 0 Å². The molecule has 2 heteroatoms. The van der Waals surface area contributed by atoms with E-state index in [-0.39, 0.29) is 0 Å². The average molecular weight is 142 g/mol. The Hall–Kier alpha value is -0.0800. The highest BCUT2D eigenvalue weighted by Gasteiger charge is 2.17. The van der Waals surface area contributed by atoms with Crippen LogP contribution in [0.2, 0.25) is 0 Å². The van der Waals surface area contributed by atoms with E-state index in [4.69, 9.17) is 4.74 Å². The second-order valence-electron chi connectivity index (χ2n) is 2.90. The number of rotatable bonds is 2. The molecule has 1 aliphatic heterocycles. The summed E-state index contributed by atoms with van der Waals surface area (Å²) < 4.78 is 5.31. The molecule has 1 fully saturated rings. The average Bonchev–Trinajstić information content (AvgIpc) is 2.05. The summed E-state index contributed by atoms with van der Waals surface area (Å²) in [5, 5.41) is 3.40. The molecule has 0 amide bonds. The van der Waals surface area contributed by atoms with Crippen LogP contribution in [0.25, 0.3) is 0 Å². The zero-order chi connectivity index (χ0) is 7.40. The van der Waals surface area contributed by atoms with Crippen molar-refractivity contribution in [2.24, 2.45) is 5.92 Å². The summed E-state index contributed by atoms with van der Waals surface area (Å²) in [7, 11) is 0. The van der Waals surface area contributed by atoms with Crippen molar-refractivity contribution in [2.45, 2.75) is 19.4 Å². The van der Waals surface area contributed by atoms with Gasteiger partial charge in [-0.3, -0.25) is 0 Å². The molecule has 0 aromatic rings. The van der Waals surface area contributed by atoms with Gasteiger partial charge in [-0.2, -0.15) is 0 Å². The van der Waals surface area contributed by atoms with Gasteiger partial charge in [0.2, 0.25) is 0 Å². The molecule has 1 saturated heterocycles. The summed E-state index contributed by atoms with van der Waals surface area (Å²) in [5.41, 5.74) is 0. The van der Waals surface area contributed by atoms with Crippen LogP contribution in [0, 0.1) is 12.8 Å². The van der Waals surface area contributed by atoms with E-state index in [2.05, 4.69) is 19.2 Å². The molecule has 1 aliphatic rings. The van der Waals surface area contributed by atoms with Gasteiger partial charge in [0.05, 0.1) is 13.2 Å². The maximum absolute atomic E-state index is 5.31. The van der Waals surface area contributed by atoms with E-state index >= 15 is 0 Å². The minimum atomic E-state index is 0.534. The molecule has 10 heavy (non-hydrogen) atoms. The number of hydrogen-bond acceptors (Lipinski definition) is 2. The van der Waals surface area contributed by atoms with Gasteiger partial charge in [-0.1, -0.05) is 13.8 Å². The Morgan fingerprint density at radius 2 is 2.60 bits per heavy atom. The summed E-state index contributed by atoms with van der Waals surface area (Å²) in [6.45, 7) is 8.79. The Morgan fingerprint density at radius 1 is 1.80 bits per heavy atom. The molecule has 1 rings (SSSR count). The minimum absolute atomic E-state index is 0.534. The molecule has 1 heterocycles. The van der Waals surface area contributed by atoms with Crippen molar-refractivity contribution < 1.29 is 4.74 Å². The summed E-state index contributed by atoms with van der Waals surface area (Å²) in [4.78, 5) is 0. The van der Waals surface area contributed by atoms with Crippen molar-refractivity contribution in [1.82, 2.24) is 5.32 Å². The fourth-order valence-corrected chi connectivity index (χ4v) is 1.15. The van der Waals surface area contributed by atoms with E-state index in [1.807, 2.05) is 0 Å². The van der Waals surface area contributed by atoms with Gasteiger partial charge in [0.1, 0.15) is 0 Å². The highest BCUT2D eigenvalue weighted by Crippen LogP contribution is 2.09. The summed E-state index contributed by atoms with van der Waals surface area (Å²) in [6.07, 6.45) is 0.987. The SMILES string of the molecule is [CH2]CC(C)C1COCCN1. The predicted octanol–water partition coefficient (Wildman–Crippen LogP) is 0.835. The smallest absolute Gasteiger partial charge is 0.0622 e. The fourth-order valence-electron chi connectivity index (χ4n) is 1.15. The molecule has 2 nitrogen and oxygen atoms in total. The van der Waals surface area contributed by atoms with Gasteiger partial charge in [0.25, 0.3) is 0 Å². The Morgan fingerprint density at radius 3 is 3.10 bits per heavy atom. The van der Waals surface area contributed by atoms with Crippen molar-refractivity contribution in [2.75, 3.05) is 19.8 Å². The van der Waals surface area contributed by atoms with Crippen LogP contribution in [0.4, 0.5) is 0 Å². The lowest BCUT2D eigenvalue weighted by atomic mass is 9.99. The van der Waals surface area contributed by atoms with Crippen LogP contribution < -0.4 is 5.32 Å². The lowest BCUT2D eigenvalue weighted by molar-refractivity contribution is 0.0598. The molecule has 59 valence electrons. The molecule has 2 atom stereocenters. The number of hydrogen-bond donors (Lipinski definition) is 1. The molecule has 1 radical (unpaired) electrons. The van der Waals surface area contributed by atoms with Crippen molar-refractivity contribution in [3.05, 3.63) is 6.92 Å². The van der Waals surface area contributed by atoms with Gasteiger partial charge in [0, 0.05) is 12.6 Å². The monoisotopic (exact) mass is 142 g/mol. The van der Waals surface area contributed by atoms with E-state index in [0.717, 1.165) is 26.2 Å². The fraction of sp³-hybridized carbons (Fsp3) is 0.875. The highest BCUT2D eigenvalue weighted by atomic mass is 16.5. The summed E-state index contributed by atoms with van der Waals surface area (Å²) >= 11 is 0. The van der Waals surface area contributed by atoms with E-state index in [1.54, 1.807) is 0 Å². The van der Waals surface area contributed by atoms with Gasteiger partial charge >= 0.3 is 0 Å². The Labute approximate surface area is 63.0 Å². The molecular weight excluding hydrogens is 126 g/mol. The van der Waals surface area contributed by atoms with Gasteiger partial charge in [-0.05, 0) is 12.3 Å². The van der Waals surface area contributed by atoms with Crippen LogP contribution in [0.15, 0.2) is 0 Å².